The van der Waals surface area contributed by atoms with Crippen LogP contribution in [0.3, 0.4) is 0 Å². The molecule has 2 aromatic rings. The summed E-state index contributed by atoms with van der Waals surface area (Å²) >= 11 is 0. The molecule has 0 saturated heterocycles. The van der Waals surface area contributed by atoms with Crippen LogP contribution in [0.2, 0.25) is 0 Å². The zero-order valence-electron chi connectivity index (χ0n) is 14.1. The molecule has 0 radical (unpaired) electrons. The van der Waals surface area contributed by atoms with Crippen LogP contribution in [0.1, 0.15) is 30.1 Å². The minimum atomic E-state index is -0.0565. The SMILES string of the molecule is CC(CNC(=O)c1ccc(Oc2cccnc2)cc1)N(C)C1CC1. The van der Waals surface area contributed by atoms with Crippen molar-refractivity contribution in [3.8, 4) is 11.5 Å². The van der Waals surface area contributed by atoms with Gasteiger partial charge in [-0.2, -0.15) is 0 Å². The first-order valence-corrected chi connectivity index (χ1v) is 8.31. The fourth-order valence-corrected chi connectivity index (χ4v) is 2.55. The van der Waals surface area contributed by atoms with Crippen LogP contribution in [0.25, 0.3) is 0 Å². The smallest absolute Gasteiger partial charge is 0.251 e. The van der Waals surface area contributed by atoms with Crippen molar-refractivity contribution >= 4 is 5.91 Å². The molecule has 1 fully saturated rings. The Hall–Kier alpha value is -2.40. The number of hydrogen-bond donors (Lipinski definition) is 1. The fraction of sp³-hybridized carbons (Fsp3) is 0.368. The molecule has 1 aromatic carbocycles. The van der Waals surface area contributed by atoms with Crippen LogP contribution in [0.5, 0.6) is 11.5 Å². The van der Waals surface area contributed by atoms with Crippen LogP contribution in [-0.4, -0.2) is 41.5 Å². The summed E-state index contributed by atoms with van der Waals surface area (Å²) in [5.41, 5.74) is 0.634. The van der Waals surface area contributed by atoms with Crippen LogP contribution < -0.4 is 10.1 Å². The summed E-state index contributed by atoms with van der Waals surface area (Å²) in [6.07, 6.45) is 5.89. The molecule has 1 aliphatic carbocycles. The van der Waals surface area contributed by atoms with Gasteiger partial charge in [-0.25, -0.2) is 0 Å². The number of carbonyl (C=O) groups is 1. The molecule has 1 amide bonds. The van der Waals surface area contributed by atoms with E-state index in [-0.39, 0.29) is 5.91 Å². The van der Waals surface area contributed by atoms with Gasteiger partial charge in [0, 0.05) is 30.4 Å². The summed E-state index contributed by atoms with van der Waals surface area (Å²) in [7, 11) is 2.12. The molecule has 5 heteroatoms. The van der Waals surface area contributed by atoms with E-state index >= 15 is 0 Å². The van der Waals surface area contributed by atoms with Crippen LogP contribution in [0.15, 0.2) is 48.8 Å². The van der Waals surface area contributed by atoms with Crippen molar-refractivity contribution in [3.63, 3.8) is 0 Å². The third kappa shape index (κ3) is 4.32. The zero-order valence-corrected chi connectivity index (χ0v) is 14.1. The van der Waals surface area contributed by atoms with E-state index in [1.54, 1.807) is 36.7 Å². The van der Waals surface area contributed by atoms with E-state index in [9.17, 15) is 4.79 Å². The molecule has 1 saturated carbocycles. The van der Waals surface area contributed by atoms with E-state index in [1.165, 1.54) is 12.8 Å². The maximum Gasteiger partial charge on any atom is 0.251 e. The first-order valence-electron chi connectivity index (χ1n) is 8.31. The van der Waals surface area contributed by atoms with Gasteiger partial charge in [0.05, 0.1) is 6.20 Å². The van der Waals surface area contributed by atoms with E-state index in [0.717, 1.165) is 0 Å². The second kappa shape index (κ2) is 7.45. The molecule has 24 heavy (non-hydrogen) atoms. The molecule has 3 rings (SSSR count). The molecule has 5 nitrogen and oxygen atoms in total. The second-order valence-electron chi connectivity index (χ2n) is 6.27. The number of nitrogens with one attached hydrogen (secondary N) is 1. The standard InChI is InChI=1S/C19H23N3O2/c1-14(22(2)16-7-8-16)12-21-19(23)15-5-9-17(10-6-15)24-18-4-3-11-20-13-18/h3-6,9-11,13-14,16H,7-8,12H2,1-2H3,(H,21,23). The Morgan fingerprint density at radius 2 is 2.04 bits per heavy atom. The molecule has 0 bridgehead atoms. The van der Waals surface area contributed by atoms with E-state index in [1.807, 2.05) is 12.1 Å². The van der Waals surface area contributed by atoms with Gasteiger partial charge < -0.3 is 10.1 Å². The number of ether oxygens (including phenoxy) is 1. The van der Waals surface area contributed by atoms with Crippen molar-refractivity contribution < 1.29 is 9.53 Å². The number of benzene rings is 1. The van der Waals surface area contributed by atoms with Gasteiger partial charge in [0.25, 0.3) is 5.91 Å². The lowest BCUT2D eigenvalue weighted by atomic mass is 10.2. The van der Waals surface area contributed by atoms with Crippen LogP contribution in [0, 0.1) is 0 Å². The Bertz CT molecular complexity index is 669. The highest BCUT2D eigenvalue weighted by atomic mass is 16.5. The quantitative estimate of drug-likeness (QED) is 0.850. The third-order valence-corrected chi connectivity index (χ3v) is 4.36. The number of aromatic nitrogens is 1. The van der Waals surface area contributed by atoms with Crippen LogP contribution in [-0.2, 0) is 0 Å². The van der Waals surface area contributed by atoms with Gasteiger partial charge in [-0.15, -0.1) is 0 Å². The Morgan fingerprint density at radius 3 is 2.67 bits per heavy atom. The van der Waals surface area contributed by atoms with Gasteiger partial charge in [0.2, 0.25) is 0 Å². The summed E-state index contributed by atoms with van der Waals surface area (Å²) in [6.45, 7) is 2.79. The molecule has 1 unspecified atom stereocenters. The van der Waals surface area contributed by atoms with E-state index < -0.39 is 0 Å². The van der Waals surface area contributed by atoms with Gasteiger partial charge in [-0.05, 0) is 63.2 Å². The van der Waals surface area contributed by atoms with Gasteiger partial charge in [-0.1, -0.05) is 0 Å². The van der Waals surface area contributed by atoms with Crippen molar-refractivity contribution in [3.05, 3.63) is 54.4 Å². The number of pyridine rings is 1. The van der Waals surface area contributed by atoms with Crippen molar-refractivity contribution in [2.45, 2.75) is 31.8 Å². The molecular weight excluding hydrogens is 302 g/mol. The predicted molar refractivity (Wildman–Crippen MR) is 93.3 cm³/mol. The molecule has 1 atom stereocenters. The van der Waals surface area contributed by atoms with E-state index in [2.05, 4.69) is 29.2 Å². The largest absolute Gasteiger partial charge is 0.456 e. The number of amides is 1. The first kappa shape index (κ1) is 16.5. The molecule has 1 aromatic heterocycles. The molecule has 1 aliphatic rings. The first-order chi connectivity index (χ1) is 11.6. The van der Waals surface area contributed by atoms with Gasteiger partial charge in [0.15, 0.2) is 0 Å². The highest BCUT2D eigenvalue weighted by Crippen LogP contribution is 2.26. The van der Waals surface area contributed by atoms with Crippen LogP contribution in [0.4, 0.5) is 0 Å². The maximum atomic E-state index is 12.2. The minimum absolute atomic E-state index is 0.0565. The average Bonchev–Trinajstić information content (AvgIpc) is 3.45. The monoisotopic (exact) mass is 325 g/mol. The lowest BCUT2D eigenvalue weighted by molar-refractivity contribution is 0.0939. The van der Waals surface area contributed by atoms with E-state index in [4.69, 9.17) is 4.74 Å². The summed E-state index contributed by atoms with van der Waals surface area (Å²) < 4.78 is 5.68. The minimum Gasteiger partial charge on any atom is -0.456 e. The number of likely N-dealkylation sites (N-methyl/N-ethyl adjacent to an activating group) is 1. The summed E-state index contributed by atoms with van der Waals surface area (Å²) in [4.78, 5) is 18.6. The number of nitrogens with zero attached hydrogens (tertiary/aromatic N) is 2. The molecule has 0 spiro atoms. The molecule has 1 N–H and O–H groups in total. The second-order valence-corrected chi connectivity index (χ2v) is 6.27. The lowest BCUT2D eigenvalue weighted by Gasteiger charge is -2.24. The normalized spacial score (nSPS) is 15.1. The number of rotatable bonds is 7. The predicted octanol–water partition coefficient (Wildman–Crippen LogP) is 3.09. The summed E-state index contributed by atoms with van der Waals surface area (Å²) in [5.74, 6) is 1.30. The number of hydrogen-bond acceptors (Lipinski definition) is 4. The van der Waals surface area contributed by atoms with Crippen LogP contribution >= 0.6 is 0 Å². The third-order valence-electron chi connectivity index (χ3n) is 4.36. The average molecular weight is 325 g/mol. The molecule has 126 valence electrons. The van der Waals surface area contributed by atoms with E-state index in [0.29, 0.717) is 35.7 Å². The Kier molecular flexibility index (Phi) is 5.11. The fourth-order valence-electron chi connectivity index (χ4n) is 2.55. The molecule has 0 aliphatic heterocycles. The lowest BCUT2D eigenvalue weighted by Crippen LogP contribution is -2.41. The highest BCUT2D eigenvalue weighted by Gasteiger charge is 2.29. The van der Waals surface area contributed by atoms with Gasteiger partial charge in [0.1, 0.15) is 11.5 Å². The number of carbonyl (C=O) groups excluding carboxylic acids is 1. The Labute approximate surface area is 142 Å². The van der Waals surface area contributed by atoms with Crippen molar-refractivity contribution in [2.24, 2.45) is 0 Å². The zero-order chi connectivity index (χ0) is 16.9. The van der Waals surface area contributed by atoms with Gasteiger partial charge >= 0.3 is 0 Å². The van der Waals surface area contributed by atoms with Crippen molar-refractivity contribution in [2.75, 3.05) is 13.6 Å². The highest BCUT2D eigenvalue weighted by molar-refractivity contribution is 5.94. The maximum absolute atomic E-state index is 12.2. The summed E-state index contributed by atoms with van der Waals surface area (Å²) in [6, 6.07) is 11.8. The molecule has 1 heterocycles. The topological polar surface area (TPSA) is 54.5 Å². The summed E-state index contributed by atoms with van der Waals surface area (Å²) in [5, 5.41) is 3.00. The van der Waals surface area contributed by atoms with Crippen molar-refractivity contribution in [1.29, 1.82) is 0 Å². The van der Waals surface area contributed by atoms with Crippen molar-refractivity contribution in [1.82, 2.24) is 15.2 Å². The Balaban J connectivity index is 1.51. The Morgan fingerprint density at radius 1 is 1.29 bits per heavy atom. The molecular formula is C19H23N3O2. The van der Waals surface area contributed by atoms with Gasteiger partial charge in [-0.3, -0.25) is 14.7 Å².